The normalized spacial score (nSPS) is 23.0. The van der Waals surface area contributed by atoms with Gasteiger partial charge in [-0.05, 0) is 48.1 Å². The molecule has 7 heterocycles. The number of H-pyrrole nitrogens is 1. The van der Waals surface area contributed by atoms with Crippen LogP contribution in [0.2, 0.25) is 0 Å². The number of para-hydroxylation sites is 1. The fourth-order valence-corrected chi connectivity index (χ4v) is 9.88. The van der Waals surface area contributed by atoms with E-state index >= 15 is 0 Å². The van der Waals surface area contributed by atoms with E-state index in [-0.39, 0.29) is 47.0 Å². The van der Waals surface area contributed by atoms with Gasteiger partial charge in [0.05, 0.1) is 12.6 Å². The first-order chi connectivity index (χ1) is 28.5. The Morgan fingerprint density at radius 1 is 0.983 bits per heavy atom. The number of aromatic nitrogens is 3. The molecule has 2 unspecified atom stereocenters. The molecule has 11 rings (SSSR count). The summed E-state index contributed by atoms with van der Waals surface area (Å²) >= 11 is 0. The molecule has 15 heteroatoms. The second kappa shape index (κ2) is 12.4. The number of carbonyl (C=O) groups is 3. The van der Waals surface area contributed by atoms with E-state index in [9.17, 15) is 24.6 Å². The summed E-state index contributed by atoms with van der Waals surface area (Å²) in [7, 11) is 1.26. The van der Waals surface area contributed by atoms with Crippen LogP contribution in [0.25, 0.3) is 44.9 Å². The first kappa shape index (κ1) is 35.5. The van der Waals surface area contributed by atoms with Crippen molar-refractivity contribution in [2.75, 3.05) is 12.4 Å². The van der Waals surface area contributed by atoms with Crippen LogP contribution in [0.15, 0.2) is 63.6 Å². The molecule has 1 fully saturated rings. The zero-order valence-corrected chi connectivity index (χ0v) is 32.4. The third-order valence-corrected chi connectivity index (χ3v) is 12.8. The van der Waals surface area contributed by atoms with E-state index in [1.54, 1.807) is 12.3 Å². The second-order valence-corrected chi connectivity index (χ2v) is 16.6. The van der Waals surface area contributed by atoms with Crippen LogP contribution in [0.3, 0.4) is 0 Å². The zero-order chi connectivity index (χ0) is 40.5. The molecule has 10 bridgehead atoms. The standard InChI is InChI=1S/C44H40N6O9/c1-19(2)30-38-49-34-36(59-38)44-24-9-7-8-22(21-11-12-27(51)32-29(21)23(18-45-32)35-33(40(53)56-3)48-39(34)58-35)31(24)50-42(44)57-28-13-10-20(16-25(28)44)17-26(37(52)47-30)46-41(54)43(55)14-5-4-6-15-43/h7-13,16,18-19,26,30,42,45,50-51,55H,4-6,14-15,17H2,1-3H3,(H,46,54)(H,47,52)/t26-,30-,42?,44?/m0/s1. The number of methoxy groups -OCH3 is 1. The summed E-state index contributed by atoms with van der Waals surface area (Å²) in [5.74, 6) is -1.02. The van der Waals surface area contributed by atoms with Crippen molar-refractivity contribution in [3.8, 4) is 45.5 Å². The fourth-order valence-electron chi connectivity index (χ4n) is 9.88. The number of aliphatic hydroxyl groups is 1. The number of hydrogen-bond acceptors (Lipinski definition) is 12. The molecule has 1 spiro atoms. The Kier molecular flexibility index (Phi) is 7.50. The Morgan fingerprint density at radius 2 is 1.81 bits per heavy atom. The molecule has 4 aliphatic heterocycles. The maximum Gasteiger partial charge on any atom is 0.360 e. The Morgan fingerprint density at radius 3 is 2.61 bits per heavy atom. The number of aromatic hydroxyl groups is 1. The molecule has 3 aromatic carbocycles. The molecule has 3 aromatic heterocycles. The highest BCUT2D eigenvalue weighted by atomic mass is 16.5. The van der Waals surface area contributed by atoms with E-state index in [4.69, 9.17) is 28.3 Å². The SMILES string of the molecule is COC(=O)c1nc2oc1-c1c[nH]c3c(O)ccc(c13)-c1cccc3c1NC1Oc4ccc5cc4C31c1oc(nc1-2)[C@H](C(C)C)NC(=O)[C@@H](NC(=O)C1(O)CCCCC1)C5. The number of carbonyl (C=O) groups excluding carboxylic acids is 3. The third kappa shape index (κ3) is 4.87. The molecule has 6 N–H and O–H groups in total. The van der Waals surface area contributed by atoms with E-state index in [1.165, 1.54) is 7.11 Å². The number of amides is 2. The fraction of sp³-hybridized carbons (Fsp3) is 0.341. The number of benzene rings is 3. The Labute approximate surface area is 336 Å². The van der Waals surface area contributed by atoms with Gasteiger partial charge in [0, 0.05) is 45.9 Å². The predicted molar refractivity (Wildman–Crippen MR) is 211 cm³/mol. The molecule has 0 radical (unpaired) electrons. The topological polar surface area (TPSA) is 214 Å². The van der Waals surface area contributed by atoms with Gasteiger partial charge in [0.1, 0.15) is 34.6 Å². The lowest BCUT2D eigenvalue weighted by molar-refractivity contribution is -0.145. The van der Waals surface area contributed by atoms with Crippen LogP contribution in [0.4, 0.5) is 5.69 Å². The van der Waals surface area contributed by atoms with Gasteiger partial charge in [-0.2, -0.15) is 4.98 Å². The molecule has 59 heavy (non-hydrogen) atoms. The summed E-state index contributed by atoms with van der Waals surface area (Å²) in [6, 6.07) is 13.2. The number of nitrogens with zero attached hydrogens (tertiary/aromatic N) is 2. The highest BCUT2D eigenvalue weighted by Gasteiger charge is 2.62. The maximum atomic E-state index is 14.4. The number of nitrogens with one attached hydrogen (secondary N) is 4. The van der Waals surface area contributed by atoms with E-state index in [0.717, 1.165) is 34.4 Å². The van der Waals surface area contributed by atoms with Crippen molar-refractivity contribution in [2.45, 2.75) is 81.7 Å². The van der Waals surface area contributed by atoms with Crippen LogP contribution >= 0.6 is 0 Å². The molecule has 1 saturated carbocycles. The number of fused-ring (bicyclic) bond motifs is 7. The van der Waals surface area contributed by atoms with Gasteiger partial charge in [0.15, 0.2) is 29.1 Å². The summed E-state index contributed by atoms with van der Waals surface area (Å²) < 4.78 is 25.7. The quantitative estimate of drug-likeness (QED) is 0.114. The van der Waals surface area contributed by atoms with Crippen molar-refractivity contribution in [2.24, 2.45) is 5.92 Å². The minimum absolute atomic E-state index is 0.00163. The van der Waals surface area contributed by atoms with Gasteiger partial charge in [-0.3, -0.25) is 9.59 Å². The summed E-state index contributed by atoms with van der Waals surface area (Å²) in [5, 5.41) is 32.8. The van der Waals surface area contributed by atoms with Crippen molar-refractivity contribution in [1.29, 1.82) is 0 Å². The summed E-state index contributed by atoms with van der Waals surface area (Å²) in [5.41, 5.74) is 2.61. The zero-order valence-electron chi connectivity index (χ0n) is 32.4. The summed E-state index contributed by atoms with van der Waals surface area (Å²) in [4.78, 5) is 54.8. The van der Waals surface area contributed by atoms with E-state index in [2.05, 4.69) is 20.9 Å². The van der Waals surface area contributed by atoms with Crippen LogP contribution in [0.5, 0.6) is 11.5 Å². The molecule has 1 aliphatic carbocycles. The van der Waals surface area contributed by atoms with Gasteiger partial charge in [-0.25, -0.2) is 9.78 Å². The number of aromatic amines is 1. The van der Waals surface area contributed by atoms with Gasteiger partial charge in [-0.15, -0.1) is 0 Å². The highest BCUT2D eigenvalue weighted by Crippen LogP contribution is 2.61. The van der Waals surface area contributed by atoms with E-state index in [0.29, 0.717) is 59.2 Å². The van der Waals surface area contributed by atoms with Gasteiger partial charge in [-0.1, -0.05) is 63.4 Å². The molecule has 15 nitrogen and oxygen atoms in total. The van der Waals surface area contributed by atoms with Crippen molar-refractivity contribution < 1.29 is 42.9 Å². The smallest absolute Gasteiger partial charge is 0.360 e. The molecule has 5 aliphatic rings. The Hall–Kier alpha value is -6.61. The minimum atomic E-state index is -1.57. The van der Waals surface area contributed by atoms with Crippen molar-refractivity contribution >= 4 is 34.4 Å². The van der Waals surface area contributed by atoms with Gasteiger partial charge in [0.25, 0.3) is 5.91 Å². The monoisotopic (exact) mass is 796 g/mol. The van der Waals surface area contributed by atoms with Crippen LogP contribution in [0, 0.1) is 5.92 Å². The van der Waals surface area contributed by atoms with Crippen molar-refractivity contribution in [3.63, 3.8) is 0 Å². The molecule has 4 atom stereocenters. The number of phenols is 1. The highest BCUT2D eigenvalue weighted by molar-refractivity contribution is 6.11. The van der Waals surface area contributed by atoms with Crippen LogP contribution < -0.4 is 20.7 Å². The maximum absolute atomic E-state index is 14.4. The molecular weight excluding hydrogens is 757 g/mol. The van der Waals surface area contributed by atoms with Crippen LogP contribution in [0.1, 0.15) is 90.8 Å². The average Bonchev–Trinajstić information content (AvgIpc) is 4.06. The van der Waals surface area contributed by atoms with Crippen LogP contribution in [-0.2, 0) is 26.2 Å². The number of rotatable bonds is 4. The lowest BCUT2D eigenvalue weighted by atomic mass is 9.72. The predicted octanol–water partition coefficient (Wildman–Crippen LogP) is 5.98. The Bertz CT molecular complexity index is 2790. The summed E-state index contributed by atoms with van der Waals surface area (Å²) in [6.45, 7) is 3.84. The average molecular weight is 797 g/mol. The number of anilines is 1. The molecular formula is C44H40N6O9. The van der Waals surface area contributed by atoms with Crippen LogP contribution in [-0.4, -0.2) is 67.9 Å². The van der Waals surface area contributed by atoms with Gasteiger partial charge in [0.2, 0.25) is 17.7 Å². The number of phenolic OH excluding ortho intramolecular Hbond substituents is 1. The van der Waals surface area contributed by atoms with Crippen molar-refractivity contribution in [3.05, 3.63) is 88.8 Å². The second-order valence-electron chi connectivity index (χ2n) is 16.6. The lowest BCUT2D eigenvalue weighted by Gasteiger charge is -2.33. The third-order valence-electron chi connectivity index (χ3n) is 12.8. The van der Waals surface area contributed by atoms with Gasteiger partial charge < -0.3 is 49.5 Å². The van der Waals surface area contributed by atoms with Gasteiger partial charge >= 0.3 is 5.97 Å². The molecule has 300 valence electrons. The number of oxazole rings is 2. The Balaban J connectivity index is 1.21. The summed E-state index contributed by atoms with van der Waals surface area (Å²) in [6.07, 6.45) is 3.97. The number of ether oxygens (including phenoxy) is 2. The van der Waals surface area contributed by atoms with E-state index in [1.807, 2.05) is 56.3 Å². The molecule has 6 aromatic rings. The molecule has 2 amide bonds. The minimum Gasteiger partial charge on any atom is -0.506 e. The largest absolute Gasteiger partial charge is 0.506 e. The van der Waals surface area contributed by atoms with Crippen molar-refractivity contribution in [1.82, 2.24) is 25.6 Å². The molecule has 0 saturated heterocycles. The number of hydrogen-bond donors (Lipinski definition) is 6. The lowest BCUT2D eigenvalue weighted by Crippen LogP contribution is -2.56. The van der Waals surface area contributed by atoms with E-state index < -0.39 is 47.1 Å². The number of esters is 1. The first-order valence-electron chi connectivity index (χ1n) is 20.0. The first-order valence-corrected chi connectivity index (χ1v) is 20.0.